The van der Waals surface area contributed by atoms with Crippen molar-refractivity contribution in [2.45, 2.75) is 43.9 Å². The fraction of sp³-hybridized carbons (Fsp3) is 0.219. The number of hydrogen-bond donors (Lipinski definition) is 1. The molecule has 1 aromatic heterocycles. The van der Waals surface area contributed by atoms with Crippen LogP contribution in [0, 0.1) is 10.1 Å². The summed E-state index contributed by atoms with van der Waals surface area (Å²) >= 11 is 7.79. The molecule has 1 atom stereocenters. The maximum Gasteiger partial charge on any atom is 0.328 e. The lowest BCUT2D eigenvalue weighted by Gasteiger charge is -2.20. The van der Waals surface area contributed by atoms with Gasteiger partial charge >= 0.3 is 5.97 Å². The minimum atomic E-state index is -1.51. The van der Waals surface area contributed by atoms with Crippen LogP contribution in [0.4, 0.5) is 5.69 Å². The molecular weight excluding hydrogens is 606 g/mol. The number of nitro groups is 1. The predicted octanol–water partition coefficient (Wildman–Crippen LogP) is 5.28. The third-order valence-electron chi connectivity index (χ3n) is 6.24. The van der Waals surface area contributed by atoms with Crippen LogP contribution in [0.2, 0.25) is 5.02 Å². The Balaban J connectivity index is 0.000000583. The molecule has 0 bridgehead atoms. The highest BCUT2D eigenvalue weighted by molar-refractivity contribution is 7.99. The zero-order valence-corrected chi connectivity index (χ0v) is 25.5. The van der Waals surface area contributed by atoms with Crippen LogP contribution in [0.5, 0.6) is 5.75 Å². The molecule has 4 rings (SSSR count). The number of aliphatic carboxylic acids is 2. The van der Waals surface area contributed by atoms with Crippen LogP contribution in [0.25, 0.3) is 0 Å². The van der Waals surface area contributed by atoms with Gasteiger partial charge in [-0.2, -0.15) is 0 Å². The normalized spacial score (nSPS) is 11.4. The molecule has 0 aliphatic heterocycles. The van der Waals surface area contributed by atoms with Crippen molar-refractivity contribution in [3.05, 3.63) is 130 Å². The summed E-state index contributed by atoms with van der Waals surface area (Å²) in [7, 11) is 0. The Hall–Kier alpha value is -4.61. The van der Waals surface area contributed by atoms with E-state index in [-0.39, 0.29) is 11.8 Å². The molecule has 230 valence electrons. The quantitative estimate of drug-likeness (QED) is 0.0492. The average Bonchev–Trinajstić information content (AvgIpc) is 3.46. The zero-order valence-electron chi connectivity index (χ0n) is 24.0. The molecule has 0 saturated carbocycles. The molecule has 0 radical (unpaired) electrons. The molecule has 44 heavy (non-hydrogen) atoms. The summed E-state index contributed by atoms with van der Waals surface area (Å²) in [5.74, 6) is -1.17. The molecule has 0 saturated heterocycles. The number of halogens is 1. The summed E-state index contributed by atoms with van der Waals surface area (Å²) in [4.78, 5) is 30.8. The number of nitrogens with zero attached hydrogens (tertiary/aromatic N) is 3. The van der Waals surface area contributed by atoms with Crippen LogP contribution >= 0.6 is 23.4 Å². The molecule has 0 aliphatic carbocycles. The summed E-state index contributed by atoms with van der Waals surface area (Å²) in [5.41, 5.74) is 2.40. The van der Waals surface area contributed by atoms with Crippen LogP contribution in [-0.4, -0.2) is 32.3 Å². The number of imidazole rings is 1. The van der Waals surface area contributed by atoms with Crippen molar-refractivity contribution in [3.63, 3.8) is 0 Å². The first-order valence-electron chi connectivity index (χ1n) is 13.7. The van der Waals surface area contributed by atoms with E-state index in [0.717, 1.165) is 35.7 Å². The van der Waals surface area contributed by atoms with Crippen LogP contribution in [0.1, 0.15) is 30.6 Å². The monoisotopic (exact) mass is 637 g/mol. The Kier molecular flexibility index (Phi) is 13.5. The average molecular weight is 638 g/mol. The van der Waals surface area contributed by atoms with Gasteiger partial charge in [0, 0.05) is 33.9 Å². The number of aromatic nitrogens is 2. The van der Waals surface area contributed by atoms with Gasteiger partial charge in [0.2, 0.25) is 6.33 Å². The van der Waals surface area contributed by atoms with Crippen molar-refractivity contribution in [2.75, 3.05) is 5.75 Å². The molecule has 0 amide bonds. The van der Waals surface area contributed by atoms with Crippen molar-refractivity contribution < 1.29 is 34.0 Å². The number of non-ortho nitro benzene ring substituents is 1. The second-order valence-electron chi connectivity index (χ2n) is 9.40. The van der Waals surface area contributed by atoms with E-state index in [1.165, 1.54) is 22.6 Å². The van der Waals surface area contributed by atoms with Crippen LogP contribution in [0.15, 0.2) is 109 Å². The van der Waals surface area contributed by atoms with Gasteiger partial charge in [-0.1, -0.05) is 42.8 Å². The van der Waals surface area contributed by atoms with Gasteiger partial charge in [-0.3, -0.25) is 10.1 Å². The third-order valence-corrected chi connectivity index (χ3v) is 7.59. The lowest BCUT2D eigenvalue weighted by Crippen LogP contribution is -2.31. The molecule has 12 heteroatoms. The highest BCUT2D eigenvalue weighted by Gasteiger charge is 2.21. The Morgan fingerprint density at radius 2 is 1.80 bits per heavy atom. The SMILES string of the molecule is CCc1ccccc1C(Cn1cc[n+](CCCSc2ccc(Cl)cc2)c1)Oc1ccc([N+](=O)[O-])cc1.O=C([O-])C=CC(=O)O. The number of nitro benzene ring substituents is 1. The van der Waals surface area contributed by atoms with Crippen LogP contribution < -0.4 is 14.4 Å². The van der Waals surface area contributed by atoms with Crippen molar-refractivity contribution in [3.8, 4) is 5.75 Å². The van der Waals surface area contributed by atoms with Gasteiger partial charge in [0.15, 0.2) is 6.10 Å². The number of aryl methyl sites for hydroxylation is 2. The van der Waals surface area contributed by atoms with Gasteiger partial charge in [0.25, 0.3) is 5.69 Å². The standard InChI is InChI=1S/C28H29ClN3O3S.C4H4O4/c1-2-22-6-3-4-7-27(22)28(35-25-12-10-24(11-13-25)32(33)34)20-31-18-17-30(21-31)16-5-19-36-26-14-8-23(29)9-15-26;5-3(6)1-2-4(7)8/h3-4,6-15,17-18,21,28H,2,5,16,19-20H2,1H3;1-2H,(H,5,6)(H,7,8)/q+1;/p-1. The Labute approximate surface area is 264 Å². The fourth-order valence-electron chi connectivity index (χ4n) is 4.16. The van der Waals surface area contributed by atoms with E-state index < -0.39 is 16.9 Å². The third kappa shape index (κ3) is 11.6. The van der Waals surface area contributed by atoms with Crippen molar-refractivity contribution in [2.24, 2.45) is 0 Å². The van der Waals surface area contributed by atoms with Crippen molar-refractivity contribution >= 4 is 41.0 Å². The number of carbonyl (C=O) groups excluding carboxylic acids is 1. The molecule has 10 nitrogen and oxygen atoms in total. The molecule has 1 N–H and O–H groups in total. The van der Waals surface area contributed by atoms with Gasteiger partial charge in [-0.05, 0) is 66.4 Å². The molecule has 0 aliphatic rings. The number of carbonyl (C=O) groups is 2. The highest BCUT2D eigenvalue weighted by atomic mass is 35.5. The summed E-state index contributed by atoms with van der Waals surface area (Å²) < 4.78 is 10.7. The largest absolute Gasteiger partial charge is 0.545 e. The first kappa shape index (κ1) is 33.9. The lowest BCUT2D eigenvalue weighted by atomic mass is 10.00. The second kappa shape index (κ2) is 17.5. The minimum absolute atomic E-state index is 0.0496. The summed E-state index contributed by atoms with van der Waals surface area (Å²) in [6.45, 7) is 3.68. The first-order chi connectivity index (χ1) is 21.1. The predicted molar refractivity (Wildman–Crippen MR) is 165 cm³/mol. The maximum absolute atomic E-state index is 11.0. The number of ether oxygens (including phenoxy) is 1. The van der Waals surface area contributed by atoms with Gasteiger partial charge in [-0.15, -0.1) is 11.8 Å². The number of benzene rings is 3. The molecule has 1 unspecified atom stereocenters. The van der Waals surface area contributed by atoms with E-state index in [2.05, 4.69) is 59.0 Å². The van der Waals surface area contributed by atoms with Crippen molar-refractivity contribution in [1.82, 2.24) is 4.57 Å². The smallest absolute Gasteiger partial charge is 0.328 e. The number of hydrogen-bond acceptors (Lipinski definition) is 7. The van der Waals surface area contributed by atoms with Crippen molar-refractivity contribution in [1.29, 1.82) is 0 Å². The van der Waals surface area contributed by atoms with Gasteiger partial charge in [-0.25, -0.2) is 13.9 Å². The Morgan fingerprint density at radius 1 is 1.09 bits per heavy atom. The maximum atomic E-state index is 11.0. The number of thioether (sulfide) groups is 1. The number of carboxylic acid groups (broad SMARTS) is 2. The van der Waals surface area contributed by atoms with Gasteiger partial charge in [0.05, 0.1) is 17.4 Å². The Morgan fingerprint density at radius 3 is 2.41 bits per heavy atom. The topological polar surface area (TPSA) is 139 Å². The number of rotatable bonds is 14. The number of carboxylic acids is 2. The Bertz CT molecular complexity index is 1540. The molecule has 4 aromatic rings. The first-order valence-corrected chi connectivity index (χ1v) is 15.0. The zero-order chi connectivity index (χ0) is 31.9. The summed E-state index contributed by atoms with van der Waals surface area (Å²) in [5, 5.41) is 29.0. The van der Waals surface area contributed by atoms with Crippen LogP contribution in [-0.2, 0) is 29.1 Å². The van der Waals surface area contributed by atoms with Gasteiger partial charge < -0.3 is 19.7 Å². The van der Waals surface area contributed by atoms with Crippen LogP contribution in [0.3, 0.4) is 0 Å². The lowest BCUT2D eigenvalue weighted by molar-refractivity contribution is -0.696. The molecule has 0 spiro atoms. The summed E-state index contributed by atoms with van der Waals surface area (Å²) in [6.07, 6.45) is 8.90. The second-order valence-corrected chi connectivity index (χ2v) is 11.0. The minimum Gasteiger partial charge on any atom is -0.545 e. The summed E-state index contributed by atoms with van der Waals surface area (Å²) in [6, 6.07) is 22.5. The van der Waals surface area contributed by atoms with Gasteiger partial charge in [0.1, 0.15) is 24.7 Å². The molecule has 0 fully saturated rings. The van der Waals surface area contributed by atoms with E-state index in [9.17, 15) is 24.8 Å². The fourth-order valence-corrected chi connectivity index (χ4v) is 5.12. The van der Waals surface area contributed by atoms with E-state index in [1.807, 2.05) is 36.0 Å². The van der Waals surface area contributed by atoms with E-state index >= 15 is 0 Å². The van der Waals surface area contributed by atoms with E-state index in [4.69, 9.17) is 21.4 Å². The highest BCUT2D eigenvalue weighted by Crippen LogP contribution is 2.28. The molecule has 1 heterocycles. The van der Waals surface area contributed by atoms with E-state index in [0.29, 0.717) is 24.4 Å². The van der Waals surface area contributed by atoms with E-state index in [1.54, 1.807) is 12.1 Å². The molecule has 3 aromatic carbocycles. The molecular formula is C32H32ClN3O7S.